The van der Waals surface area contributed by atoms with Gasteiger partial charge in [0.05, 0.1) is 12.9 Å². The summed E-state index contributed by atoms with van der Waals surface area (Å²) in [5.41, 5.74) is 6.15. The van der Waals surface area contributed by atoms with E-state index in [-0.39, 0.29) is 11.8 Å². The third-order valence-electron chi connectivity index (χ3n) is 2.82. The molecule has 24 heavy (non-hydrogen) atoms. The number of amides is 3. The van der Waals surface area contributed by atoms with Gasteiger partial charge in [0, 0.05) is 6.54 Å². The van der Waals surface area contributed by atoms with Gasteiger partial charge in [-0.05, 0) is 24.1 Å². The summed E-state index contributed by atoms with van der Waals surface area (Å²) in [6.07, 6.45) is 0.702. The molecule has 0 spiro atoms. The Morgan fingerprint density at radius 3 is 2.71 bits per heavy atom. The van der Waals surface area contributed by atoms with Crippen molar-refractivity contribution in [2.75, 3.05) is 24.7 Å². The first kappa shape index (κ1) is 18.0. The van der Waals surface area contributed by atoms with E-state index in [0.29, 0.717) is 22.4 Å². The predicted octanol–water partition coefficient (Wildman–Crippen LogP) is 1.49. The smallest absolute Gasteiger partial charge is 0.321 e. The molecule has 0 unspecified atom stereocenters. The standard InChI is InChI=1S/C14H17N5O3S2/c1-22-10-4-2-9(3-5-10)6-7-16-12(21)17-13-18-19-14(24-13)23-8-11(15)20/h2-5H,6-8H2,1H3,(H2,15,20)(H2,16,17,18,21). The molecule has 0 bridgehead atoms. The minimum atomic E-state index is -0.430. The van der Waals surface area contributed by atoms with Gasteiger partial charge in [-0.25, -0.2) is 4.79 Å². The van der Waals surface area contributed by atoms with Crippen molar-refractivity contribution >= 4 is 40.2 Å². The minimum Gasteiger partial charge on any atom is -0.497 e. The first-order valence-corrected chi connectivity index (χ1v) is 8.79. The quantitative estimate of drug-likeness (QED) is 0.480. The summed E-state index contributed by atoms with van der Waals surface area (Å²) in [5.74, 6) is 0.495. The predicted molar refractivity (Wildman–Crippen MR) is 93.5 cm³/mol. The van der Waals surface area contributed by atoms with Crippen LogP contribution >= 0.6 is 23.1 Å². The van der Waals surface area contributed by atoms with E-state index in [4.69, 9.17) is 10.5 Å². The molecule has 0 radical (unpaired) electrons. The molecule has 8 nitrogen and oxygen atoms in total. The number of anilines is 1. The highest BCUT2D eigenvalue weighted by Crippen LogP contribution is 2.24. The molecule has 128 valence electrons. The van der Waals surface area contributed by atoms with Gasteiger partial charge in [-0.1, -0.05) is 35.2 Å². The summed E-state index contributed by atoms with van der Waals surface area (Å²) in [6, 6.07) is 7.30. The number of nitrogens with zero attached hydrogens (tertiary/aromatic N) is 2. The summed E-state index contributed by atoms with van der Waals surface area (Å²) in [4.78, 5) is 22.5. The molecular formula is C14H17N5O3S2. The Bertz CT molecular complexity index is 690. The van der Waals surface area contributed by atoms with Gasteiger partial charge in [0.2, 0.25) is 11.0 Å². The van der Waals surface area contributed by atoms with Crippen molar-refractivity contribution in [2.45, 2.75) is 10.8 Å². The molecule has 2 rings (SSSR count). The molecule has 1 heterocycles. The topological polar surface area (TPSA) is 119 Å². The van der Waals surface area contributed by atoms with Gasteiger partial charge in [-0.2, -0.15) is 0 Å². The van der Waals surface area contributed by atoms with Crippen molar-refractivity contribution in [1.82, 2.24) is 15.5 Å². The molecule has 0 aliphatic heterocycles. The Hall–Kier alpha value is -2.33. The van der Waals surface area contributed by atoms with Crippen LogP contribution in [0.3, 0.4) is 0 Å². The number of carbonyl (C=O) groups is 2. The molecule has 0 aliphatic carbocycles. The fraction of sp³-hybridized carbons (Fsp3) is 0.286. The molecule has 0 atom stereocenters. The number of aromatic nitrogens is 2. The van der Waals surface area contributed by atoms with Crippen molar-refractivity contribution in [3.05, 3.63) is 29.8 Å². The summed E-state index contributed by atoms with van der Waals surface area (Å²) >= 11 is 2.37. The number of methoxy groups -OCH3 is 1. The van der Waals surface area contributed by atoms with Crippen molar-refractivity contribution in [3.63, 3.8) is 0 Å². The zero-order valence-corrected chi connectivity index (χ0v) is 14.6. The third kappa shape index (κ3) is 6.05. The van der Waals surface area contributed by atoms with Gasteiger partial charge in [0.1, 0.15) is 5.75 Å². The number of urea groups is 1. The van der Waals surface area contributed by atoms with Crippen molar-refractivity contribution in [1.29, 1.82) is 0 Å². The zero-order valence-electron chi connectivity index (χ0n) is 12.9. The van der Waals surface area contributed by atoms with E-state index < -0.39 is 5.91 Å². The average Bonchev–Trinajstić information content (AvgIpc) is 3.01. The number of rotatable bonds is 8. The van der Waals surface area contributed by atoms with E-state index in [1.807, 2.05) is 24.3 Å². The molecule has 0 fully saturated rings. The van der Waals surface area contributed by atoms with Crippen LogP contribution in [-0.2, 0) is 11.2 Å². The molecular weight excluding hydrogens is 350 g/mol. The minimum absolute atomic E-state index is 0.128. The Balaban J connectivity index is 1.71. The number of primary amides is 1. The maximum absolute atomic E-state index is 11.8. The normalized spacial score (nSPS) is 10.2. The van der Waals surface area contributed by atoms with Gasteiger partial charge in [0.15, 0.2) is 4.34 Å². The van der Waals surface area contributed by atoms with Crippen LogP contribution in [0.25, 0.3) is 0 Å². The van der Waals surface area contributed by atoms with E-state index in [0.717, 1.165) is 11.3 Å². The van der Waals surface area contributed by atoms with Crippen LogP contribution in [0.15, 0.2) is 28.6 Å². The van der Waals surface area contributed by atoms with Crippen LogP contribution in [0.2, 0.25) is 0 Å². The maximum atomic E-state index is 11.8. The number of thioether (sulfide) groups is 1. The molecule has 0 saturated heterocycles. The van der Waals surface area contributed by atoms with Crippen LogP contribution in [0.4, 0.5) is 9.93 Å². The lowest BCUT2D eigenvalue weighted by molar-refractivity contribution is -0.115. The van der Waals surface area contributed by atoms with Crippen molar-refractivity contribution < 1.29 is 14.3 Å². The van der Waals surface area contributed by atoms with Gasteiger partial charge in [-0.15, -0.1) is 10.2 Å². The largest absolute Gasteiger partial charge is 0.497 e. The number of hydrogen-bond donors (Lipinski definition) is 3. The second-order valence-corrected chi connectivity index (χ2v) is 6.81. The fourth-order valence-electron chi connectivity index (χ4n) is 1.71. The lowest BCUT2D eigenvalue weighted by Crippen LogP contribution is -2.30. The van der Waals surface area contributed by atoms with Gasteiger partial charge in [-0.3, -0.25) is 10.1 Å². The third-order valence-corrected chi connectivity index (χ3v) is 4.82. The molecule has 10 heteroatoms. The van der Waals surface area contributed by atoms with Crippen molar-refractivity contribution in [2.24, 2.45) is 5.73 Å². The van der Waals surface area contributed by atoms with E-state index in [1.54, 1.807) is 7.11 Å². The number of benzene rings is 1. The molecule has 0 aliphatic rings. The van der Waals surface area contributed by atoms with Gasteiger partial charge >= 0.3 is 6.03 Å². The first-order chi connectivity index (χ1) is 11.6. The van der Waals surface area contributed by atoms with Crippen LogP contribution in [-0.4, -0.2) is 41.5 Å². The lowest BCUT2D eigenvalue weighted by atomic mass is 10.1. The van der Waals surface area contributed by atoms with Crippen molar-refractivity contribution in [3.8, 4) is 5.75 Å². The molecule has 0 saturated carbocycles. The summed E-state index contributed by atoms with van der Waals surface area (Å²) in [5, 5.41) is 13.4. The highest BCUT2D eigenvalue weighted by molar-refractivity contribution is 8.01. The average molecular weight is 367 g/mol. The van der Waals surface area contributed by atoms with Crippen LogP contribution in [0, 0.1) is 0 Å². The number of nitrogens with two attached hydrogens (primary N) is 1. The van der Waals surface area contributed by atoms with Gasteiger partial charge < -0.3 is 15.8 Å². The SMILES string of the molecule is COc1ccc(CCNC(=O)Nc2nnc(SCC(N)=O)s2)cc1. The second-order valence-electron chi connectivity index (χ2n) is 4.61. The number of hydrogen-bond acceptors (Lipinski definition) is 7. The fourth-order valence-corrected chi connectivity index (χ4v) is 3.19. The Morgan fingerprint density at radius 2 is 2.04 bits per heavy atom. The zero-order chi connectivity index (χ0) is 17.4. The van der Waals surface area contributed by atoms with Crippen LogP contribution < -0.4 is 21.1 Å². The van der Waals surface area contributed by atoms with Crippen LogP contribution in [0.1, 0.15) is 5.56 Å². The second kappa shape index (κ2) is 9.08. The number of ether oxygens (including phenoxy) is 1. The molecule has 1 aromatic heterocycles. The number of carbonyl (C=O) groups excluding carboxylic acids is 2. The van der Waals surface area contributed by atoms with Crippen LogP contribution in [0.5, 0.6) is 5.75 Å². The lowest BCUT2D eigenvalue weighted by Gasteiger charge is -2.06. The van der Waals surface area contributed by atoms with E-state index >= 15 is 0 Å². The number of nitrogens with one attached hydrogen (secondary N) is 2. The van der Waals surface area contributed by atoms with E-state index in [9.17, 15) is 9.59 Å². The highest BCUT2D eigenvalue weighted by Gasteiger charge is 2.09. The van der Waals surface area contributed by atoms with E-state index in [2.05, 4.69) is 20.8 Å². The Kier molecular flexibility index (Phi) is 6.82. The molecule has 2 aromatic rings. The Labute approximate surface area is 147 Å². The molecule has 1 aromatic carbocycles. The monoisotopic (exact) mass is 367 g/mol. The van der Waals surface area contributed by atoms with E-state index in [1.165, 1.54) is 23.1 Å². The van der Waals surface area contributed by atoms with Gasteiger partial charge in [0.25, 0.3) is 0 Å². The molecule has 3 amide bonds. The highest BCUT2D eigenvalue weighted by atomic mass is 32.2. The Morgan fingerprint density at radius 1 is 1.29 bits per heavy atom. The maximum Gasteiger partial charge on any atom is 0.321 e. The summed E-state index contributed by atoms with van der Waals surface area (Å²) < 4.78 is 5.66. The molecule has 4 N–H and O–H groups in total. The summed E-state index contributed by atoms with van der Waals surface area (Å²) in [6.45, 7) is 0.486. The first-order valence-electron chi connectivity index (χ1n) is 6.99. The summed E-state index contributed by atoms with van der Waals surface area (Å²) in [7, 11) is 1.62.